The molecule has 2 aromatic heterocycles. The zero-order valence-electron chi connectivity index (χ0n) is 13.1. The molecule has 0 bridgehead atoms. The third-order valence-electron chi connectivity index (χ3n) is 3.84. The van der Waals surface area contributed by atoms with Gasteiger partial charge in [0.1, 0.15) is 0 Å². The smallest absolute Gasteiger partial charge is 0.0644 e. The van der Waals surface area contributed by atoms with E-state index in [1.807, 2.05) is 29.7 Å². The first-order chi connectivity index (χ1) is 9.52. The Morgan fingerprint density at radius 2 is 2.05 bits per heavy atom. The number of nitrogens with zero attached hydrogens (tertiary/aromatic N) is 4. The highest BCUT2D eigenvalue weighted by Gasteiger charge is 2.19. The zero-order chi connectivity index (χ0) is 14.7. The van der Waals surface area contributed by atoms with Crippen LogP contribution in [-0.4, -0.2) is 26.1 Å². The van der Waals surface area contributed by atoms with Gasteiger partial charge in [0.25, 0.3) is 0 Å². The van der Waals surface area contributed by atoms with Crippen LogP contribution in [0.3, 0.4) is 0 Å². The van der Waals surface area contributed by atoms with E-state index in [4.69, 9.17) is 0 Å². The lowest BCUT2D eigenvalue weighted by atomic mass is 9.98. The third kappa shape index (κ3) is 3.10. The molecule has 0 amide bonds. The average Bonchev–Trinajstić information content (AvgIpc) is 2.91. The van der Waals surface area contributed by atoms with E-state index in [9.17, 15) is 0 Å². The Labute approximate surface area is 121 Å². The Bertz CT molecular complexity index is 567. The standard InChI is InChI=1S/C15H25N5/c1-6-16-14(8-7-13-9-17-19(4)10-13)15-11(2)18-20(5)12(15)3/h9-10,14,16H,6-8H2,1-5H3. The summed E-state index contributed by atoms with van der Waals surface area (Å²) < 4.78 is 3.83. The van der Waals surface area contributed by atoms with Gasteiger partial charge in [-0.25, -0.2) is 0 Å². The van der Waals surface area contributed by atoms with Crippen molar-refractivity contribution >= 4 is 0 Å². The summed E-state index contributed by atoms with van der Waals surface area (Å²) in [5, 5.41) is 12.4. The molecular weight excluding hydrogens is 250 g/mol. The number of nitrogens with one attached hydrogen (secondary N) is 1. The van der Waals surface area contributed by atoms with Crippen LogP contribution in [0.25, 0.3) is 0 Å². The maximum Gasteiger partial charge on any atom is 0.0644 e. The van der Waals surface area contributed by atoms with Crippen LogP contribution in [0.2, 0.25) is 0 Å². The normalized spacial score (nSPS) is 12.8. The van der Waals surface area contributed by atoms with Crippen molar-refractivity contribution in [1.29, 1.82) is 0 Å². The predicted octanol–water partition coefficient (Wildman–Crippen LogP) is 2.05. The molecular formula is C15H25N5. The molecule has 0 aromatic carbocycles. The summed E-state index contributed by atoms with van der Waals surface area (Å²) >= 11 is 0. The molecule has 0 aliphatic rings. The van der Waals surface area contributed by atoms with Gasteiger partial charge in [-0.2, -0.15) is 10.2 Å². The lowest BCUT2D eigenvalue weighted by Crippen LogP contribution is -2.22. The fraction of sp³-hybridized carbons (Fsp3) is 0.600. The van der Waals surface area contributed by atoms with Crippen LogP contribution >= 0.6 is 0 Å². The van der Waals surface area contributed by atoms with Crippen molar-refractivity contribution in [3.8, 4) is 0 Å². The molecule has 110 valence electrons. The summed E-state index contributed by atoms with van der Waals surface area (Å²) in [6, 6.07) is 0.355. The Morgan fingerprint density at radius 1 is 1.30 bits per heavy atom. The van der Waals surface area contributed by atoms with Gasteiger partial charge in [-0.1, -0.05) is 6.92 Å². The van der Waals surface area contributed by atoms with Crippen molar-refractivity contribution in [2.75, 3.05) is 6.54 Å². The molecule has 0 saturated heterocycles. The van der Waals surface area contributed by atoms with Crippen molar-refractivity contribution in [2.24, 2.45) is 14.1 Å². The van der Waals surface area contributed by atoms with E-state index in [0.29, 0.717) is 6.04 Å². The van der Waals surface area contributed by atoms with Crippen LogP contribution in [0, 0.1) is 13.8 Å². The quantitative estimate of drug-likeness (QED) is 0.878. The first kappa shape index (κ1) is 14.8. The Balaban J connectivity index is 2.14. The van der Waals surface area contributed by atoms with Crippen LogP contribution < -0.4 is 5.32 Å². The monoisotopic (exact) mass is 275 g/mol. The van der Waals surface area contributed by atoms with Crippen LogP contribution in [0.1, 0.15) is 41.9 Å². The van der Waals surface area contributed by atoms with Crippen LogP contribution in [0.5, 0.6) is 0 Å². The maximum absolute atomic E-state index is 4.53. The molecule has 0 spiro atoms. The molecule has 0 aliphatic heterocycles. The number of hydrogen-bond donors (Lipinski definition) is 1. The Hall–Kier alpha value is -1.62. The van der Waals surface area contributed by atoms with E-state index in [1.165, 1.54) is 16.8 Å². The van der Waals surface area contributed by atoms with Crippen molar-refractivity contribution in [3.05, 3.63) is 34.9 Å². The van der Waals surface area contributed by atoms with Crippen molar-refractivity contribution < 1.29 is 0 Å². The minimum atomic E-state index is 0.355. The lowest BCUT2D eigenvalue weighted by Gasteiger charge is -2.18. The molecule has 0 saturated carbocycles. The minimum absolute atomic E-state index is 0.355. The lowest BCUT2D eigenvalue weighted by molar-refractivity contribution is 0.510. The second-order valence-electron chi connectivity index (χ2n) is 5.38. The summed E-state index contributed by atoms with van der Waals surface area (Å²) in [6.45, 7) is 7.35. The van der Waals surface area contributed by atoms with Crippen molar-refractivity contribution in [3.63, 3.8) is 0 Å². The topological polar surface area (TPSA) is 47.7 Å². The molecule has 0 radical (unpaired) electrons. The van der Waals surface area contributed by atoms with Gasteiger partial charge >= 0.3 is 0 Å². The highest BCUT2D eigenvalue weighted by atomic mass is 15.3. The minimum Gasteiger partial charge on any atom is -0.310 e. The molecule has 0 aliphatic carbocycles. The van der Waals surface area contributed by atoms with Gasteiger partial charge in [-0.15, -0.1) is 0 Å². The Kier molecular flexibility index (Phi) is 4.60. The molecule has 2 aromatic rings. The summed E-state index contributed by atoms with van der Waals surface area (Å²) in [5.41, 5.74) is 5.01. The van der Waals surface area contributed by atoms with Gasteiger partial charge in [0, 0.05) is 37.6 Å². The fourth-order valence-electron chi connectivity index (χ4n) is 2.80. The average molecular weight is 275 g/mol. The first-order valence-electron chi connectivity index (χ1n) is 7.24. The second-order valence-corrected chi connectivity index (χ2v) is 5.38. The largest absolute Gasteiger partial charge is 0.310 e. The SMILES string of the molecule is CCNC(CCc1cnn(C)c1)c1c(C)nn(C)c1C. The van der Waals surface area contributed by atoms with Gasteiger partial charge in [-0.05, 0) is 38.8 Å². The van der Waals surface area contributed by atoms with Crippen molar-refractivity contribution in [1.82, 2.24) is 24.9 Å². The van der Waals surface area contributed by atoms with E-state index < -0.39 is 0 Å². The number of rotatable bonds is 6. The summed E-state index contributed by atoms with van der Waals surface area (Å²) in [6.07, 6.45) is 6.13. The summed E-state index contributed by atoms with van der Waals surface area (Å²) in [4.78, 5) is 0. The van der Waals surface area contributed by atoms with Gasteiger partial charge in [0.2, 0.25) is 0 Å². The van der Waals surface area contributed by atoms with Crippen LogP contribution in [-0.2, 0) is 20.5 Å². The second kappa shape index (κ2) is 6.22. The molecule has 20 heavy (non-hydrogen) atoms. The molecule has 0 fully saturated rings. The molecule has 5 nitrogen and oxygen atoms in total. The molecule has 1 unspecified atom stereocenters. The number of hydrogen-bond acceptors (Lipinski definition) is 3. The summed E-state index contributed by atoms with van der Waals surface area (Å²) in [7, 11) is 3.97. The maximum atomic E-state index is 4.53. The van der Waals surface area contributed by atoms with Crippen LogP contribution in [0.15, 0.2) is 12.4 Å². The molecule has 5 heteroatoms. The highest BCUT2D eigenvalue weighted by Crippen LogP contribution is 2.25. The Morgan fingerprint density at radius 3 is 2.55 bits per heavy atom. The van der Waals surface area contributed by atoms with E-state index >= 15 is 0 Å². The van der Waals surface area contributed by atoms with Gasteiger partial charge in [-0.3, -0.25) is 9.36 Å². The molecule has 2 rings (SSSR count). The van der Waals surface area contributed by atoms with Gasteiger partial charge in [0.05, 0.1) is 11.9 Å². The molecule has 2 heterocycles. The zero-order valence-corrected chi connectivity index (χ0v) is 13.1. The van der Waals surface area contributed by atoms with Gasteiger partial charge < -0.3 is 5.32 Å². The number of aromatic nitrogens is 4. The molecule has 1 atom stereocenters. The van der Waals surface area contributed by atoms with E-state index in [1.54, 1.807) is 0 Å². The fourth-order valence-corrected chi connectivity index (χ4v) is 2.80. The highest BCUT2D eigenvalue weighted by molar-refractivity contribution is 5.28. The molecule has 1 N–H and O–H groups in total. The van der Waals surface area contributed by atoms with Crippen LogP contribution in [0.4, 0.5) is 0 Å². The predicted molar refractivity (Wildman–Crippen MR) is 80.6 cm³/mol. The van der Waals surface area contributed by atoms with E-state index in [2.05, 4.69) is 42.5 Å². The number of aryl methyl sites for hydroxylation is 4. The van der Waals surface area contributed by atoms with Gasteiger partial charge in [0.15, 0.2) is 0 Å². The van der Waals surface area contributed by atoms with E-state index in [-0.39, 0.29) is 0 Å². The summed E-state index contributed by atoms with van der Waals surface area (Å²) in [5.74, 6) is 0. The third-order valence-corrected chi connectivity index (χ3v) is 3.84. The van der Waals surface area contributed by atoms with Crippen molar-refractivity contribution in [2.45, 2.75) is 39.7 Å². The first-order valence-corrected chi connectivity index (χ1v) is 7.24. The van der Waals surface area contributed by atoms with E-state index in [0.717, 1.165) is 25.1 Å².